The zero-order chi connectivity index (χ0) is 26.5. The van der Waals surface area contributed by atoms with E-state index >= 15 is 0 Å². The lowest BCUT2D eigenvalue weighted by Gasteiger charge is -2.27. The SMILES string of the molecule is COCC(COc1ccc(C(C)(C)c2ccc(C)cc2)cc1)OC(O)C1=C(S(=O)(=O)O)CC(C)C=C1. The third kappa shape index (κ3) is 7.05. The number of aliphatic hydroxyl groups is 1. The Morgan fingerprint density at radius 2 is 1.61 bits per heavy atom. The topological polar surface area (TPSA) is 102 Å². The highest BCUT2D eigenvalue weighted by atomic mass is 32.2. The first-order valence-electron chi connectivity index (χ1n) is 11.9. The highest BCUT2D eigenvalue weighted by Gasteiger charge is 2.29. The largest absolute Gasteiger partial charge is 0.491 e. The van der Waals surface area contributed by atoms with Gasteiger partial charge in [-0.1, -0.05) is 74.9 Å². The molecule has 1 aliphatic carbocycles. The van der Waals surface area contributed by atoms with Gasteiger partial charge in [-0.2, -0.15) is 8.42 Å². The molecule has 1 aliphatic rings. The van der Waals surface area contributed by atoms with Crippen molar-refractivity contribution in [2.75, 3.05) is 20.3 Å². The standard InChI is InChI=1S/C28H36O7S/c1-19-6-9-21(10-7-19)28(3,4)22-11-13-23(14-12-22)34-18-24(17-33-5)35-27(29)25-15-8-20(2)16-26(25)36(30,31)32/h6-15,20,24,27,29H,16-18H2,1-5H3,(H,30,31,32). The Bertz CT molecular complexity index is 1180. The van der Waals surface area contributed by atoms with E-state index < -0.39 is 22.5 Å². The number of hydrogen-bond donors (Lipinski definition) is 2. The van der Waals surface area contributed by atoms with Crippen molar-refractivity contribution in [2.24, 2.45) is 5.92 Å². The molecule has 0 aromatic heterocycles. The molecule has 3 unspecified atom stereocenters. The molecule has 2 N–H and O–H groups in total. The average Bonchev–Trinajstić information content (AvgIpc) is 2.82. The first-order chi connectivity index (χ1) is 16.9. The Morgan fingerprint density at radius 3 is 2.17 bits per heavy atom. The first kappa shape index (κ1) is 28.1. The van der Waals surface area contributed by atoms with E-state index in [4.69, 9.17) is 14.2 Å². The summed E-state index contributed by atoms with van der Waals surface area (Å²) in [7, 11) is -2.97. The molecule has 0 aliphatic heterocycles. The van der Waals surface area contributed by atoms with Crippen LogP contribution < -0.4 is 4.74 Å². The molecule has 0 radical (unpaired) electrons. The number of aryl methyl sites for hydroxylation is 1. The Morgan fingerprint density at radius 1 is 1.03 bits per heavy atom. The molecule has 196 valence electrons. The van der Waals surface area contributed by atoms with E-state index in [2.05, 4.69) is 45.0 Å². The summed E-state index contributed by atoms with van der Waals surface area (Å²) >= 11 is 0. The highest BCUT2D eigenvalue weighted by Crippen LogP contribution is 2.33. The molecular weight excluding hydrogens is 480 g/mol. The van der Waals surface area contributed by atoms with E-state index in [1.165, 1.54) is 24.3 Å². The molecule has 0 bridgehead atoms. The Balaban J connectivity index is 1.68. The van der Waals surface area contributed by atoms with Gasteiger partial charge in [0.15, 0.2) is 6.29 Å². The van der Waals surface area contributed by atoms with Gasteiger partial charge in [0, 0.05) is 18.1 Å². The number of aliphatic hydroxyl groups excluding tert-OH is 1. The van der Waals surface area contributed by atoms with Crippen molar-refractivity contribution in [3.63, 3.8) is 0 Å². The second kappa shape index (κ2) is 11.7. The van der Waals surface area contributed by atoms with Gasteiger partial charge in [0.1, 0.15) is 18.5 Å². The molecule has 3 rings (SSSR count). The van der Waals surface area contributed by atoms with Crippen LogP contribution in [0, 0.1) is 12.8 Å². The van der Waals surface area contributed by atoms with Crippen molar-refractivity contribution < 1.29 is 32.3 Å². The van der Waals surface area contributed by atoms with Crippen molar-refractivity contribution in [1.29, 1.82) is 0 Å². The number of benzene rings is 2. The molecule has 2 aromatic carbocycles. The van der Waals surface area contributed by atoms with Crippen molar-refractivity contribution in [2.45, 2.75) is 51.9 Å². The van der Waals surface area contributed by atoms with Crippen LogP contribution in [0.2, 0.25) is 0 Å². The van der Waals surface area contributed by atoms with Gasteiger partial charge in [-0.15, -0.1) is 0 Å². The van der Waals surface area contributed by atoms with Crippen LogP contribution in [0.1, 0.15) is 43.9 Å². The Kier molecular flexibility index (Phi) is 9.13. The predicted octanol–water partition coefficient (Wildman–Crippen LogP) is 4.79. The fourth-order valence-electron chi connectivity index (χ4n) is 4.18. The van der Waals surface area contributed by atoms with Crippen LogP contribution in [-0.4, -0.2) is 50.8 Å². The zero-order valence-electron chi connectivity index (χ0n) is 21.5. The highest BCUT2D eigenvalue weighted by molar-refractivity contribution is 7.89. The smallest absolute Gasteiger partial charge is 0.291 e. The minimum atomic E-state index is -4.47. The summed E-state index contributed by atoms with van der Waals surface area (Å²) in [5.41, 5.74) is 3.41. The van der Waals surface area contributed by atoms with Crippen LogP contribution in [0.5, 0.6) is 5.75 Å². The van der Waals surface area contributed by atoms with E-state index in [0.717, 1.165) is 5.56 Å². The van der Waals surface area contributed by atoms with Crippen molar-refractivity contribution in [1.82, 2.24) is 0 Å². The van der Waals surface area contributed by atoms with Crippen molar-refractivity contribution >= 4 is 10.1 Å². The Labute approximate surface area is 214 Å². The average molecular weight is 517 g/mol. The fraction of sp³-hybridized carbons (Fsp3) is 0.429. The van der Waals surface area contributed by atoms with E-state index in [0.29, 0.717) is 5.75 Å². The molecule has 0 saturated carbocycles. The van der Waals surface area contributed by atoms with Crippen LogP contribution in [-0.2, 0) is 25.0 Å². The van der Waals surface area contributed by atoms with Gasteiger partial charge in [-0.05, 0) is 42.5 Å². The fourth-order valence-corrected chi connectivity index (χ4v) is 5.12. The maximum Gasteiger partial charge on any atom is 0.291 e. The number of ether oxygens (including phenoxy) is 3. The molecule has 0 spiro atoms. The van der Waals surface area contributed by atoms with Gasteiger partial charge in [0.2, 0.25) is 0 Å². The lowest BCUT2D eigenvalue weighted by Crippen LogP contribution is -2.33. The van der Waals surface area contributed by atoms with Crippen LogP contribution in [0.25, 0.3) is 0 Å². The molecule has 3 atom stereocenters. The molecule has 7 nitrogen and oxygen atoms in total. The number of hydrogen-bond acceptors (Lipinski definition) is 6. The third-order valence-corrected chi connectivity index (χ3v) is 7.50. The normalized spacial score (nSPS) is 18.2. The molecule has 0 saturated heterocycles. The minimum absolute atomic E-state index is 0.0133. The maximum atomic E-state index is 11.8. The van der Waals surface area contributed by atoms with Crippen LogP contribution in [0.4, 0.5) is 0 Å². The zero-order valence-corrected chi connectivity index (χ0v) is 22.3. The monoisotopic (exact) mass is 516 g/mol. The van der Waals surface area contributed by atoms with Gasteiger partial charge < -0.3 is 19.3 Å². The van der Waals surface area contributed by atoms with E-state index in [-0.39, 0.29) is 41.4 Å². The summed E-state index contributed by atoms with van der Waals surface area (Å²) in [6, 6.07) is 16.3. The molecule has 8 heteroatoms. The van der Waals surface area contributed by atoms with Crippen LogP contribution >= 0.6 is 0 Å². The van der Waals surface area contributed by atoms with E-state index in [1.807, 2.05) is 31.2 Å². The van der Waals surface area contributed by atoms with Gasteiger partial charge in [-0.25, -0.2) is 0 Å². The second-order valence-corrected chi connectivity index (χ2v) is 11.2. The van der Waals surface area contributed by atoms with Crippen LogP contribution in [0.15, 0.2) is 71.2 Å². The van der Waals surface area contributed by atoms with Gasteiger partial charge in [-0.3, -0.25) is 4.55 Å². The summed E-state index contributed by atoms with van der Waals surface area (Å²) in [6.07, 6.45) is 1.07. The lowest BCUT2D eigenvalue weighted by molar-refractivity contribution is -0.136. The molecular formula is C28H36O7S. The first-order valence-corrected chi connectivity index (χ1v) is 13.4. The summed E-state index contributed by atoms with van der Waals surface area (Å²) in [4.78, 5) is -0.242. The maximum absolute atomic E-state index is 11.8. The summed E-state index contributed by atoms with van der Waals surface area (Å²) in [5, 5.41) is 10.6. The Hall–Kier alpha value is -2.49. The van der Waals surface area contributed by atoms with Crippen LogP contribution in [0.3, 0.4) is 0 Å². The van der Waals surface area contributed by atoms with E-state index in [9.17, 15) is 18.1 Å². The quantitative estimate of drug-likeness (QED) is 0.327. The summed E-state index contributed by atoms with van der Waals surface area (Å²) in [6.45, 7) is 8.42. The predicted molar refractivity (Wildman–Crippen MR) is 139 cm³/mol. The lowest BCUT2D eigenvalue weighted by atomic mass is 9.78. The summed E-state index contributed by atoms with van der Waals surface area (Å²) in [5.74, 6) is 0.539. The minimum Gasteiger partial charge on any atom is -0.491 e. The number of rotatable bonds is 11. The molecule has 0 heterocycles. The second-order valence-electron chi connectivity index (χ2n) is 9.79. The molecule has 36 heavy (non-hydrogen) atoms. The van der Waals surface area contributed by atoms with Gasteiger partial charge >= 0.3 is 0 Å². The van der Waals surface area contributed by atoms with Crippen molar-refractivity contribution in [3.8, 4) is 5.75 Å². The summed E-state index contributed by atoms with van der Waals surface area (Å²) < 4.78 is 50.0. The molecule has 2 aromatic rings. The van der Waals surface area contributed by atoms with Gasteiger partial charge in [0.05, 0.1) is 11.5 Å². The number of methoxy groups -OCH3 is 1. The molecule has 0 amide bonds. The third-order valence-electron chi connectivity index (χ3n) is 6.47. The number of allylic oxidation sites excluding steroid dienone is 2. The van der Waals surface area contributed by atoms with Crippen molar-refractivity contribution in [3.05, 3.63) is 87.9 Å². The van der Waals surface area contributed by atoms with E-state index in [1.54, 1.807) is 6.08 Å². The van der Waals surface area contributed by atoms with Gasteiger partial charge in [0.25, 0.3) is 10.1 Å². The molecule has 0 fully saturated rings.